The van der Waals surface area contributed by atoms with Crippen molar-refractivity contribution in [2.75, 3.05) is 5.32 Å². The Morgan fingerprint density at radius 1 is 1.09 bits per heavy atom. The molecule has 0 saturated carbocycles. The van der Waals surface area contributed by atoms with E-state index in [9.17, 15) is 31.2 Å². The van der Waals surface area contributed by atoms with Crippen molar-refractivity contribution in [2.24, 2.45) is 0 Å². The van der Waals surface area contributed by atoms with Gasteiger partial charge in [0.25, 0.3) is 0 Å². The number of anilines is 1. The second kappa shape index (κ2) is 10.1. The van der Waals surface area contributed by atoms with Gasteiger partial charge in [0, 0.05) is 6.42 Å². The summed E-state index contributed by atoms with van der Waals surface area (Å²) in [5.74, 6) is -2.34. The lowest BCUT2D eigenvalue weighted by Crippen LogP contribution is -2.44. The molecule has 0 unspecified atom stereocenters. The number of carboxylic acids is 1. The molecule has 7 nitrogen and oxygen atoms in total. The van der Waals surface area contributed by atoms with Gasteiger partial charge in [-0.25, -0.2) is 8.42 Å². The Hall–Kier alpha value is -2.63. The molecule has 2 aromatic rings. The van der Waals surface area contributed by atoms with Gasteiger partial charge >= 0.3 is 12.1 Å². The van der Waals surface area contributed by atoms with Gasteiger partial charge in [0.15, 0.2) is 0 Å². The van der Waals surface area contributed by atoms with E-state index in [1.807, 2.05) is 0 Å². The maximum Gasteiger partial charge on any atom is 0.416 e. The number of alkyl halides is 3. The maximum atomic E-state index is 13.0. The molecule has 0 radical (unpaired) electrons. The molecule has 1 atom stereocenters. The summed E-state index contributed by atoms with van der Waals surface area (Å²) in [5.41, 5.74) is 0.189. The number of rotatable bonds is 8. The fourth-order valence-corrected chi connectivity index (χ4v) is 5.21. The zero-order chi connectivity index (χ0) is 25.1. The molecule has 2 rings (SSSR count). The van der Waals surface area contributed by atoms with Gasteiger partial charge in [-0.15, -0.1) is 0 Å². The number of amides is 1. The first kappa shape index (κ1) is 26.6. The predicted octanol–water partition coefficient (Wildman–Crippen LogP) is 4.43. The summed E-state index contributed by atoms with van der Waals surface area (Å²) in [6.45, 7) is 4.93. The number of aryl methyl sites for hydroxylation is 3. The Bertz CT molecular complexity index is 1160. The minimum atomic E-state index is -4.70. The fraction of sp³-hybridized carbons (Fsp3) is 0.333. The van der Waals surface area contributed by atoms with Crippen LogP contribution in [-0.4, -0.2) is 31.4 Å². The minimum Gasteiger partial charge on any atom is -0.481 e. The highest BCUT2D eigenvalue weighted by atomic mass is 35.5. The van der Waals surface area contributed by atoms with Crippen molar-refractivity contribution in [1.82, 2.24) is 4.72 Å². The third-order valence-corrected chi connectivity index (χ3v) is 6.79. The van der Waals surface area contributed by atoms with Crippen LogP contribution in [0.1, 0.15) is 35.1 Å². The maximum absolute atomic E-state index is 13.0. The van der Waals surface area contributed by atoms with Crippen LogP contribution < -0.4 is 10.0 Å². The van der Waals surface area contributed by atoms with Crippen LogP contribution in [0.3, 0.4) is 0 Å². The first-order chi connectivity index (χ1) is 15.1. The van der Waals surface area contributed by atoms with Gasteiger partial charge in [0.1, 0.15) is 6.04 Å². The van der Waals surface area contributed by atoms with E-state index in [0.29, 0.717) is 17.2 Å². The second-order valence-corrected chi connectivity index (χ2v) is 9.57. The van der Waals surface area contributed by atoms with Gasteiger partial charge in [-0.05, 0) is 56.5 Å². The zero-order valence-electron chi connectivity index (χ0n) is 17.9. The molecule has 12 heteroatoms. The molecule has 0 spiro atoms. The van der Waals surface area contributed by atoms with E-state index in [4.69, 9.17) is 16.7 Å². The summed E-state index contributed by atoms with van der Waals surface area (Å²) >= 11 is 5.89. The third-order valence-electron chi connectivity index (χ3n) is 4.69. The number of halogens is 4. The summed E-state index contributed by atoms with van der Waals surface area (Å²) in [6, 6.07) is 3.96. The number of carbonyl (C=O) groups is 2. The fourth-order valence-electron chi connectivity index (χ4n) is 3.37. The number of sulfonamides is 1. The molecule has 180 valence electrons. The molecule has 0 aliphatic carbocycles. The number of hydrogen-bond donors (Lipinski definition) is 3. The largest absolute Gasteiger partial charge is 0.481 e. The first-order valence-corrected chi connectivity index (χ1v) is 11.5. The molecule has 2 aromatic carbocycles. The average Bonchev–Trinajstić information content (AvgIpc) is 2.64. The minimum absolute atomic E-state index is 0.0710. The molecule has 0 bridgehead atoms. The zero-order valence-corrected chi connectivity index (χ0v) is 19.5. The van der Waals surface area contributed by atoms with E-state index >= 15 is 0 Å². The van der Waals surface area contributed by atoms with E-state index in [2.05, 4.69) is 10.0 Å². The van der Waals surface area contributed by atoms with Crippen LogP contribution in [0.25, 0.3) is 0 Å². The first-order valence-electron chi connectivity index (χ1n) is 9.61. The van der Waals surface area contributed by atoms with Crippen molar-refractivity contribution in [3.63, 3.8) is 0 Å². The summed E-state index contributed by atoms with van der Waals surface area (Å²) in [4.78, 5) is 23.7. The predicted molar refractivity (Wildman–Crippen MR) is 117 cm³/mol. The summed E-state index contributed by atoms with van der Waals surface area (Å²) in [5, 5.41) is 10.9. The quantitative estimate of drug-likeness (QED) is 0.490. The molecule has 0 fully saturated rings. The van der Waals surface area contributed by atoms with Crippen molar-refractivity contribution >= 4 is 39.2 Å². The van der Waals surface area contributed by atoms with Gasteiger partial charge in [-0.1, -0.05) is 29.3 Å². The Kier molecular flexibility index (Phi) is 8.15. The average molecular weight is 507 g/mol. The normalized spacial score (nSPS) is 12.9. The van der Waals surface area contributed by atoms with Crippen molar-refractivity contribution < 1.29 is 36.3 Å². The molecule has 33 heavy (non-hydrogen) atoms. The summed E-state index contributed by atoms with van der Waals surface area (Å²) < 4.78 is 67.3. The van der Waals surface area contributed by atoms with Crippen LogP contribution in [0.2, 0.25) is 5.02 Å². The van der Waals surface area contributed by atoms with Gasteiger partial charge in [0.05, 0.1) is 21.2 Å². The highest BCUT2D eigenvalue weighted by molar-refractivity contribution is 7.89. The van der Waals surface area contributed by atoms with Gasteiger partial charge in [-0.2, -0.15) is 17.9 Å². The third kappa shape index (κ3) is 6.92. The highest BCUT2D eigenvalue weighted by Gasteiger charge is 2.32. The smallest absolute Gasteiger partial charge is 0.416 e. The SMILES string of the molecule is Cc1cc(C)c(S(=O)(=O)N[C@H](CCC(=O)O)C(=O)Nc2cc(C(F)(F)F)ccc2Cl)c(C)c1. The Morgan fingerprint density at radius 2 is 1.67 bits per heavy atom. The number of nitrogens with one attached hydrogen (secondary N) is 2. The summed E-state index contributed by atoms with van der Waals surface area (Å²) in [7, 11) is -4.28. The Labute approximate surface area is 194 Å². The van der Waals surface area contributed by atoms with E-state index in [1.54, 1.807) is 32.9 Å². The molecule has 0 aliphatic heterocycles. The highest BCUT2D eigenvalue weighted by Crippen LogP contribution is 2.34. The molecule has 0 saturated heterocycles. The molecular formula is C21H22ClF3N2O5S. The van der Waals surface area contributed by atoms with Crippen molar-refractivity contribution in [2.45, 2.75) is 50.7 Å². The van der Waals surface area contributed by atoms with E-state index in [0.717, 1.165) is 17.7 Å². The second-order valence-electron chi connectivity index (χ2n) is 7.52. The lowest BCUT2D eigenvalue weighted by Gasteiger charge is -2.20. The number of aliphatic carboxylic acids is 1. The topological polar surface area (TPSA) is 113 Å². The van der Waals surface area contributed by atoms with Crippen LogP contribution in [0.5, 0.6) is 0 Å². The van der Waals surface area contributed by atoms with Gasteiger partial charge in [0.2, 0.25) is 15.9 Å². The lowest BCUT2D eigenvalue weighted by atomic mass is 10.1. The van der Waals surface area contributed by atoms with Crippen molar-refractivity contribution in [3.8, 4) is 0 Å². The number of carboxylic acid groups (broad SMARTS) is 1. The number of carbonyl (C=O) groups excluding carboxylic acids is 1. The van der Waals surface area contributed by atoms with Gasteiger partial charge in [-0.3, -0.25) is 9.59 Å². The lowest BCUT2D eigenvalue weighted by molar-refractivity contribution is -0.138. The van der Waals surface area contributed by atoms with Crippen LogP contribution in [0.15, 0.2) is 35.2 Å². The summed E-state index contributed by atoms with van der Waals surface area (Å²) in [6.07, 6.45) is -5.71. The number of hydrogen-bond acceptors (Lipinski definition) is 4. The molecule has 1 amide bonds. The van der Waals surface area contributed by atoms with Crippen LogP contribution >= 0.6 is 11.6 Å². The number of benzene rings is 2. The van der Waals surface area contributed by atoms with Crippen LogP contribution in [0.4, 0.5) is 18.9 Å². The van der Waals surface area contributed by atoms with Crippen molar-refractivity contribution in [1.29, 1.82) is 0 Å². The van der Waals surface area contributed by atoms with E-state index < -0.39 is 58.2 Å². The van der Waals surface area contributed by atoms with Gasteiger partial charge < -0.3 is 10.4 Å². The Morgan fingerprint density at radius 3 is 2.18 bits per heavy atom. The molecule has 0 heterocycles. The molecule has 3 N–H and O–H groups in total. The monoisotopic (exact) mass is 506 g/mol. The molecular weight excluding hydrogens is 485 g/mol. The molecule has 0 aliphatic rings. The van der Waals surface area contributed by atoms with Crippen LogP contribution in [-0.2, 0) is 25.8 Å². The van der Waals surface area contributed by atoms with Crippen molar-refractivity contribution in [3.05, 3.63) is 57.6 Å². The Balaban J connectivity index is 2.39. The van der Waals surface area contributed by atoms with E-state index in [-0.39, 0.29) is 9.92 Å². The molecule has 0 aromatic heterocycles. The van der Waals surface area contributed by atoms with Crippen LogP contribution in [0, 0.1) is 20.8 Å². The van der Waals surface area contributed by atoms with E-state index in [1.165, 1.54) is 0 Å². The standard InChI is InChI=1S/C21H22ClF3N2O5S/c1-11-8-12(2)19(13(3)9-11)33(31,32)27-16(6-7-18(28)29)20(30)26-17-10-14(21(23,24)25)4-5-15(17)22/h4-5,8-10,16,27H,6-7H2,1-3H3,(H,26,30)(H,28,29)/t16-/m1/s1.